The third kappa shape index (κ3) is 5.70. The second kappa shape index (κ2) is 9.32. The minimum atomic E-state index is -1.16. The Morgan fingerprint density at radius 1 is 1.12 bits per heavy atom. The number of hydrogen-bond donors (Lipinski definition) is 2. The van der Waals surface area contributed by atoms with Crippen molar-refractivity contribution < 1.29 is 28.9 Å². The van der Waals surface area contributed by atoms with Crippen molar-refractivity contribution in [3.05, 3.63) is 30.1 Å². The Balaban J connectivity index is 2.30. The molecule has 0 bridgehead atoms. The van der Waals surface area contributed by atoms with Gasteiger partial charge in [0.2, 0.25) is 5.82 Å². The zero-order valence-electron chi connectivity index (χ0n) is 13.6. The average molecular weight is 364 g/mol. The summed E-state index contributed by atoms with van der Waals surface area (Å²) in [5.74, 6) is -1.82. The molecule has 11 heteroatoms. The number of rotatable bonds is 10. The van der Waals surface area contributed by atoms with Crippen LogP contribution < -0.4 is 4.74 Å². The monoisotopic (exact) mass is 364 g/mol. The van der Waals surface area contributed by atoms with Crippen molar-refractivity contribution in [1.29, 1.82) is 0 Å². The maximum absolute atomic E-state index is 12.5. The number of hydrogen-bond acceptors (Lipinski definition) is 8. The third-order valence-corrected chi connectivity index (χ3v) is 3.18. The molecule has 0 spiro atoms. The van der Waals surface area contributed by atoms with Gasteiger partial charge in [0.05, 0.1) is 13.1 Å². The minimum absolute atomic E-state index is 0.00730. The topological polar surface area (TPSA) is 139 Å². The van der Waals surface area contributed by atoms with Gasteiger partial charge in [0.25, 0.3) is 0 Å². The van der Waals surface area contributed by atoms with E-state index >= 15 is 0 Å². The molecule has 0 amide bonds. The van der Waals surface area contributed by atoms with Crippen molar-refractivity contribution in [2.75, 3.05) is 26.4 Å². The molecule has 0 atom stereocenters. The molecule has 10 nitrogen and oxygen atoms in total. The van der Waals surface area contributed by atoms with E-state index in [1.54, 1.807) is 18.2 Å². The van der Waals surface area contributed by atoms with E-state index in [0.717, 1.165) is 0 Å². The lowest BCUT2D eigenvalue weighted by Gasteiger charge is -2.20. The van der Waals surface area contributed by atoms with Crippen LogP contribution >= 0.6 is 0 Å². The summed E-state index contributed by atoms with van der Waals surface area (Å²) in [5, 5.41) is 32.8. The summed E-state index contributed by atoms with van der Waals surface area (Å²) < 4.78 is 17.9. The molecule has 0 saturated heterocycles. The van der Waals surface area contributed by atoms with E-state index in [1.165, 1.54) is 11.2 Å². The van der Waals surface area contributed by atoms with Gasteiger partial charge in [-0.2, -0.15) is 0 Å². The van der Waals surface area contributed by atoms with Gasteiger partial charge < -0.3 is 14.9 Å². The van der Waals surface area contributed by atoms with Crippen molar-refractivity contribution in [2.45, 2.75) is 6.54 Å². The summed E-state index contributed by atoms with van der Waals surface area (Å²) in [4.78, 5) is 23.1. The fraction of sp³-hybridized carbons (Fsp3) is 0.333. The molecular formula is C15H16FN5O5. The van der Waals surface area contributed by atoms with E-state index in [4.69, 9.17) is 14.9 Å². The number of ether oxygens (including phenoxy) is 1. The normalized spacial score (nSPS) is 10.7. The number of alkyl halides is 1. The highest BCUT2D eigenvalue weighted by Crippen LogP contribution is 2.26. The Kier molecular flexibility index (Phi) is 6.85. The van der Waals surface area contributed by atoms with Crippen LogP contribution in [-0.2, 0) is 16.1 Å². The van der Waals surface area contributed by atoms with E-state index < -0.39 is 31.7 Å². The van der Waals surface area contributed by atoms with Crippen LogP contribution in [0.5, 0.6) is 5.75 Å². The van der Waals surface area contributed by atoms with Gasteiger partial charge in [-0.1, -0.05) is 12.1 Å². The number of carbonyl (C=O) groups is 2. The Morgan fingerprint density at radius 2 is 1.77 bits per heavy atom. The SMILES string of the molecule is O=C(O)CN(CC(=O)O)Cc1ccc(-c2nncnn2)cc1OCC[18F]. The fourth-order valence-electron chi connectivity index (χ4n) is 2.22. The summed E-state index contributed by atoms with van der Waals surface area (Å²) in [6, 6.07) is 4.79. The molecule has 0 unspecified atom stereocenters. The van der Waals surface area contributed by atoms with Gasteiger partial charge in [-0.05, 0) is 6.07 Å². The first-order chi connectivity index (χ1) is 12.5. The summed E-state index contributed by atoms with van der Waals surface area (Å²) in [6.45, 7) is -1.87. The Hall–Kier alpha value is -3.21. The highest BCUT2D eigenvalue weighted by molar-refractivity contribution is 5.72. The first-order valence-electron chi connectivity index (χ1n) is 7.48. The number of carboxylic acid groups (broad SMARTS) is 2. The number of aliphatic carboxylic acids is 2. The molecule has 0 radical (unpaired) electrons. The average Bonchev–Trinajstić information content (AvgIpc) is 2.60. The van der Waals surface area contributed by atoms with Gasteiger partial charge in [-0.15, -0.1) is 20.4 Å². The quantitative estimate of drug-likeness (QED) is 0.603. The van der Waals surface area contributed by atoms with Crippen LogP contribution in [-0.4, -0.2) is 73.8 Å². The van der Waals surface area contributed by atoms with Crippen molar-refractivity contribution in [1.82, 2.24) is 25.3 Å². The van der Waals surface area contributed by atoms with Gasteiger partial charge in [0, 0.05) is 17.7 Å². The van der Waals surface area contributed by atoms with Gasteiger partial charge >= 0.3 is 11.9 Å². The zero-order valence-corrected chi connectivity index (χ0v) is 13.6. The third-order valence-electron chi connectivity index (χ3n) is 3.18. The van der Waals surface area contributed by atoms with Crippen LogP contribution in [0.25, 0.3) is 11.4 Å². The number of nitrogens with zero attached hydrogens (tertiary/aromatic N) is 5. The molecule has 0 aliphatic carbocycles. The molecule has 0 fully saturated rings. The Morgan fingerprint density at radius 3 is 2.35 bits per heavy atom. The van der Waals surface area contributed by atoms with E-state index in [2.05, 4.69) is 20.4 Å². The molecule has 2 aromatic rings. The minimum Gasteiger partial charge on any atom is -0.491 e. The van der Waals surface area contributed by atoms with Crippen molar-refractivity contribution in [3.8, 4) is 17.1 Å². The molecule has 1 heterocycles. The maximum Gasteiger partial charge on any atom is 0.317 e. The van der Waals surface area contributed by atoms with Gasteiger partial charge in [0.15, 0.2) is 6.33 Å². The molecule has 26 heavy (non-hydrogen) atoms. The summed E-state index contributed by atoms with van der Waals surface area (Å²) in [6.07, 6.45) is 1.17. The molecule has 2 rings (SSSR count). The number of benzene rings is 1. The lowest BCUT2D eigenvalue weighted by Crippen LogP contribution is -2.34. The van der Waals surface area contributed by atoms with Crippen molar-refractivity contribution in [3.63, 3.8) is 0 Å². The Bertz CT molecular complexity index is 745. The van der Waals surface area contributed by atoms with Gasteiger partial charge in [-0.25, -0.2) is 4.39 Å². The molecule has 0 aliphatic rings. The van der Waals surface area contributed by atoms with E-state index in [-0.39, 0.29) is 24.7 Å². The molecule has 0 aliphatic heterocycles. The van der Waals surface area contributed by atoms with Crippen LogP contribution in [0.1, 0.15) is 5.56 Å². The number of carboxylic acids is 2. The van der Waals surface area contributed by atoms with E-state index in [0.29, 0.717) is 11.1 Å². The second-order valence-corrected chi connectivity index (χ2v) is 5.16. The number of aromatic nitrogens is 4. The van der Waals surface area contributed by atoms with Gasteiger partial charge in [0.1, 0.15) is 19.0 Å². The maximum atomic E-state index is 12.5. The van der Waals surface area contributed by atoms with Crippen molar-refractivity contribution >= 4 is 11.9 Å². The van der Waals surface area contributed by atoms with Crippen molar-refractivity contribution in [2.24, 2.45) is 0 Å². The van der Waals surface area contributed by atoms with Crippen LogP contribution in [0.3, 0.4) is 0 Å². The molecule has 0 saturated carbocycles. The standard InChI is InChI=1S/C15H16FN5O5/c16-3-4-26-12-5-10(15-19-17-9-18-20-15)1-2-11(12)6-21(7-13(22)23)8-14(24)25/h1-2,5,9H,3-4,6-8H2,(H,22,23)(H,24,25)/i16-1. The van der Waals surface area contributed by atoms with E-state index in [1.807, 2.05) is 0 Å². The van der Waals surface area contributed by atoms with E-state index in [9.17, 15) is 14.0 Å². The second-order valence-electron chi connectivity index (χ2n) is 5.16. The molecule has 1 aromatic heterocycles. The molecule has 138 valence electrons. The first-order valence-corrected chi connectivity index (χ1v) is 7.48. The van der Waals surface area contributed by atoms with Crippen LogP contribution in [0, 0.1) is 0 Å². The molecule has 1 aromatic carbocycles. The largest absolute Gasteiger partial charge is 0.491 e. The molecular weight excluding hydrogens is 348 g/mol. The van der Waals surface area contributed by atoms with Gasteiger partial charge in [-0.3, -0.25) is 14.5 Å². The summed E-state index contributed by atoms with van der Waals surface area (Å²) >= 11 is 0. The smallest absolute Gasteiger partial charge is 0.317 e. The van der Waals surface area contributed by atoms with Crippen LogP contribution in [0.2, 0.25) is 0 Å². The Labute approximate surface area is 147 Å². The van der Waals surface area contributed by atoms with Crippen LogP contribution in [0.4, 0.5) is 4.39 Å². The highest BCUT2D eigenvalue weighted by atomic mass is 18.2. The number of halogens is 1. The zero-order chi connectivity index (χ0) is 18.9. The molecule has 2 N–H and O–H groups in total. The first kappa shape index (κ1) is 19.1. The fourth-order valence-corrected chi connectivity index (χ4v) is 2.22. The summed E-state index contributed by atoms with van der Waals surface area (Å²) in [7, 11) is 0. The highest BCUT2D eigenvalue weighted by Gasteiger charge is 2.17. The van der Waals surface area contributed by atoms with Crippen LogP contribution in [0.15, 0.2) is 24.5 Å². The summed E-state index contributed by atoms with van der Waals surface area (Å²) in [5.41, 5.74) is 1.02. The predicted octanol–water partition coefficient (Wildman–Crippen LogP) is 0.253. The lowest BCUT2D eigenvalue weighted by molar-refractivity contribution is -0.142. The predicted molar refractivity (Wildman–Crippen MR) is 85.1 cm³/mol. The lowest BCUT2D eigenvalue weighted by atomic mass is 10.1.